The maximum absolute atomic E-state index is 11.6. The van der Waals surface area contributed by atoms with E-state index in [1.54, 1.807) is 6.20 Å². The second-order valence-corrected chi connectivity index (χ2v) is 6.02. The second-order valence-electron chi connectivity index (χ2n) is 5.17. The van der Waals surface area contributed by atoms with Crippen molar-refractivity contribution in [3.8, 4) is 0 Å². The van der Waals surface area contributed by atoms with Crippen molar-refractivity contribution in [3.63, 3.8) is 0 Å². The van der Waals surface area contributed by atoms with Crippen LogP contribution in [0.5, 0.6) is 0 Å². The Kier molecular flexibility index (Phi) is 5.41. The molecular formula is C14H21BrN4O2. The molecule has 2 amide bonds. The van der Waals surface area contributed by atoms with Crippen molar-refractivity contribution in [2.45, 2.75) is 33.0 Å². The molecule has 0 spiro atoms. The number of rotatable bonds is 3. The van der Waals surface area contributed by atoms with E-state index in [0.717, 1.165) is 23.2 Å². The Hall–Kier alpha value is -1.34. The fraction of sp³-hybridized carbons (Fsp3) is 0.571. The fourth-order valence-corrected chi connectivity index (χ4v) is 2.90. The molecule has 0 radical (unpaired) electrons. The highest BCUT2D eigenvalue weighted by Gasteiger charge is 2.24. The molecule has 1 fully saturated rings. The first-order chi connectivity index (χ1) is 9.99. The van der Waals surface area contributed by atoms with Crippen LogP contribution in [0.15, 0.2) is 16.7 Å². The van der Waals surface area contributed by atoms with Gasteiger partial charge in [0.05, 0.1) is 22.4 Å². The van der Waals surface area contributed by atoms with Gasteiger partial charge in [0.1, 0.15) is 5.82 Å². The molecule has 0 unspecified atom stereocenters. The summed E-state index contributed by atoms with van der Waals surface area (Å²) in [5.74, 6) is 0.533. The number of carbonyl (C=O) groups is 1. The van der Waals surface area contributed by atoms with Crippen LogP contribution in [-0.2, 0) is 4.74 Å². The minimum atomic E-state index is -0.248. The van der Waals surface area contributed by atoms with Crippen molar-refractivity contribution in [1.29, 1.82) is 0 Å². The summed E-state index contributed by atoms with van der Waals surface area (Å²) in [6.07, 6.45) is 2.06. The lowest BCUT2D eigenvalue weighted by Crippen LogP contribution is -2.45. The molecule has 116 valence electrons. The lowest BCUT2D eigenvalue weighted by molar-refractivity contribution is -0.00525. The van der Waals surface area contributed by atoms with E-state index in [9.17, 15) is 4.79 Å². The molecule has 0 aromatic carbocycles. The van der Waals surface area contributed by atoms with Gasteiger partial charge in [-0.25, -0.2) is 9.78 Å². The zero-order valence-electron chi connectivity index (χ0n) is 12.5. The van der Waals surface area contributed by atoms with Gasteiger partial charge in [0.25, 0.3) is 0 Å². The minimum absolute atomic E-state index is 0.175. The third-order valence-electron chi connectivity index (χ3n) is 3.17. The largest absolute Gasteiger partial charge is 0.372 e. The molecule has 2 heterocycles. The minimum Gasteiger partial charge on any atom is -0.372 e. The first-order valence-electron chi connectivity index (χ1n) is 7.10. The topological polar surface area (TPSA) is 66.5 Å². The summed E-state index contributed by atoms with van der Waals surface area (Å²) in [5.41, 5.74) is 1.01. The average molecular weight is 357 g/mol. The van der Waals surface area contributed by atoms with E-state index in [4.69, 9.17) is 4.74 Å². The third kappa shape index (κ3) is 4.31. The summed E-state index contributed by atoms with van der Waals surface area (Å²) >= 11 is 3.53. The number of nitrogens with zero attached hydrogens (tertiary/aromatic N) is 2. The number of morpholine rings is 1. The van der Waals surface area contributed by atoms with Crippen LogP contribution in [0.25, 0.3) is 0 Å². The molecule has 6 nitrogen and oxygen atoms in total. The number of hydrogen-bond acceptors (Lipinski definition) is 4. The number of anilines is 2. The monoisotopic (exact) mass is 356 g/mol. The second kappa shape index (κ2) is 7.09. The van der Waals surface area contributed by atoms with Gasteiger partial charge in [-0.15, -0.1) is 0 Å². The van der Waals surface area contributed by atoms with E-state index in [2.05, 4.69) is 50.3 Å². The van der Waals surface area contributed by atoms with Crippen molar-refractivity contribution in [1.82, 2.24) is 10.3 Å². The van der Waals surface area contributed by atoms with Gasteiger partial charge in [0.15, 0.2) is 0 Å². The third-order valence-corrected chi connectivity index (χ3v) is 3.79. The summed E-state index contributed by atoms with van der Waals surface area (Å²) < 4.78 is 6.66. The summed E-state index contributed by atoms with van der Waals surface area (Å²) in [7, 11) is 0. The van der Waals surface area contributed by atoms with Crippen LogP contribution in [0.2, 0.25) is 0 Å². The summed E-state index contributed by atoms with van der Waals surface area (Å²) in [6.45, 7) is 8.20. The summed E-state index contributed by atoms with van der Waals surface area (Å²) in [5, 5.41) is 5.42. The number of nitrogens with one attached hydrogen (secondary N) is 2. The lowest BCUT2D eigenvalue weighted by Gasteiger charge is -2.37. The van der Waals surface area contributed by atoms with Gasteiger partial charge in [-0.3, -0.25) is 5.32 Å². The van der Waals surface area contributed by atoms with Gasteiger partial charge in [-0.2, -0.15) is 0 Å². The Morgan fingerprint density at radius 3 is 2.76 bits per heavy atom. The Morgan fingerprint density at radius 2 is 2.14 bits per heavy atom. The van der Waals surface area contributed by atoms with Crippen molar-refractivity contribution < 1.29 is 9.53 Å². The first kappa shape index (κ1) is 16.0. The van der Waals surface area contributed by atoms with E-state index in [-0.39, 0.29) is 18.2 Å². The molecular weight excluding hydrogens is 336 g/mol. The number of carbonyl (C=O) groups excluding carboxylic acids is 1. The maximum Gasteiger partial charge on any atom is 0.320 e. The highest BCUT2D eigenvalue weighted by atomic mass is 79.9. The van der Waals surface area contributed by atoms with Gasteiger partial charge in [0, 0.05) is 31.9 Å². The zero-order chi connectivity index (χ0) is 15.4. The molecule has 1 saturated heterocycles. The summed E-state index contributed by atoms with van der Waals surface area (Å²) in [6, 6.07) is 1.63. The highest BCUT2D eigenvalue weighted by molar-refractivity contribution is 9.10. The fourth-order valence-electron chi connectivity index (χ4n) is 2.43. The first-order valence-corrected chi connectivity index (χ1v) is 7.89. The standard InChI is InChI=1S/C14H21BrN4O2/c1-4-16-14(20)18-13-5-12(11(15)6-17-13)19-7-9(2)21-10(3)8-19/h5-6,9-10H,4,7-8H2,1-3H3,(H2,16,17,18,20)/t9-,10-/m0/s1. The Labute approximate surface area is 133 Å². The molecule has 0 saturated carbocycles. The molecule has 2 rings (SSSR count). The number of urea groups is 1. The molecule has 1 aliphatic heterocycles. The van der Waals surface area contributed by atoms with Gasteiger partial charge < -0.3 is 15.0 Å². The maximum atomic E-state index is 11.6. The molecule has 2 atom stereocenters. The van der Waals surface area contributed by atoms with Crippen molar-refractivity contribution in [2.75, 3.05) is 29.9 Å². The quantitative estimate of drug-likeness (QED) is 0.873. The predicted octanol–water partition coefficient (Wildman–Crippen LogP) is 2.60. The smallest absolute Gasteiger partial charge is 0.320 e. The van der Waals surface area contributed by atoms with Crippen LogP contribution in [0, 0.1) is 0 Å². The molecule has 0 aliphatic carbocycles. The van der Waals surface area contributed by atoms with Gasteiger partial charge in [-0.1, -0.05) is 0 Å². The lowest BCUT2D eigenvalue weighted by atomic mass is 10.2. The van der Waals surface area contributed by atoms with Gasteiger partial charge >= 0.3 is 6.03 Å². The van der Waals surface area contributed by atoms with Crippen LogP contribution < -0.4 is 15.5 Å². The van der Waals surface area contributed by atoms with Crippen LogP contribution in [0.4, 0.5) is 16.3 Å². The van der Waals surface area contributed by atoms with Crippen molar-refractivity contribution in [2.24, 2.45) is 0 Å². The highest BCUT2D eigenvalue weighted by Crippen LogP contribution is 2.30. The number of pyridine rings is 1. The van der Waals surface area contributed by atoms with E-state index >= 15 is 0 Å². The van der Waals surface area contributed by atoms with Crippen LogP contribution in [0.1, 0.15) is 20.8 Å². The SMILES string of the molecule is CCNC(=O)Nc1cc(N2C[C@H](C)O[C@@H](C)C2)c(Br)cn1. The molecule has 2 N–H and O–H groups in total. The molecule has 0 bridgehead atoms. The van der Waals surface area contributed by atoms with E-state index in [1.807, 2.05) is 13.0 Å². The summed E-state index contributed by atoms with van der Waals surface area (Å²) in [4.78, 5) is 18.0. The number of ether oxygens (including phenoxy) is 1. The number of hydrogen-bond donors (Lipinski definition) is 2. The Morgan fingerprint density at radius 1 is 1.48 bits per heavy atom. The Balaban J connectivity index is 2.16. The molecule has 1 aromatic heterocycles. The van der Waals surface area contributed by atoms with Gasteiger partial charge in [-0.05, 0) is 36.7 Å². The van der Waals surface area contributed by atoms with E-state index < -0.39 is 0 Å². The molecule has 1 aromatic rings. The molecule has 21 heavy (non-hydrogen) atoms. The van der Waals surface area contributed by atoms with E-state index in [1.165, 1.54) is 0 Å². The normalized spacial score (nSPS) is 22.0. The van der Waals surface area contributed by atoms with Gasteiger partial charge in [0.2, 0.25) is 0 Å². The zero-order valence-corrected chi connectivity index (χ0v) is 14.1. The van der Waals surface area contributed by atoms with Crippen LogP contribution in [0.3, 0.4) is 0 Å². The van der Waals surface area contributed by atoms with Crippen molar-refractivity contribution >= 4 is 33.5 Å². The number of halogens is 1. The van der Waals surface area contributed by atoms with Crippen LogP contribution >= 0.6 is 15.9 Å². The molecule has 1 aliphatic rings. The number of aromatic nitrogens is 1. The predicted molar refractivity (Wildman–Crippen MR) is 86.9 cm³/mol. The Bertz CT molecular complexity index is 502. The van der Waals surface area contributed by atoms with Crippen LogP contribution in [-0.4, -0.2) is 42.9 Å². The van der Waals surface area contributed by atoms with Crippen molar-refractivity contribution in [3.05, 3.63) is 16.7 Å². The average Bonchev–Trinajstić information content (AvgIpc) is 2.40. The number of amides is 2. The molecule has 7 heteroatoms. The van der Waals surface area contributed by atoms with E-state index in [0.29, 0.717) is 12.4 Å².